The van der Waals surface area contributed by atoms with Gasteiger partial charge in [-0.15, -0.1) is 6.42 Å². The van der Waals surface area contributed by atoms with Crippen LogP contribution in [0.5, 0.6) is 0 Å². The van der Waals surface area contributed by atoms with Gasteiger partial charge in [0.1, 0.15) is 23.3 Å². The van der Waals surface area contributed by atoms with E-state index in [9.17, 15) is 27.2 Å². The molecular weight excluding hydrogens is 1390 g/mol. The van der Waals surface area contributed by atoms with Crippen molar-refractivity contribution >= 4 is 78.6 Å². The fraction of sp³-hybridized carbons (Fsp3) is 0.145. The van der Waals surface area contributed by atoms with Gasteiger partial charge in [-0.3, -0.25) is 24.5 Å². The Bertz CT molecular complexity index is 4270. The van der Waals surface area contributed by atoms with Crippen LogP contribution in [0.4, 0.5) is 17.6 Å². The third kappa shape index (κ3) is 20.7. The van der Waals surface area contributed by atoms with Gasteiger partial charge in [0.25, 0.3) is 0 Å². The molecule has 3 aromatic heterocycles. The Labute approximate surface area is 561 Å². The summed E-state index contributed by atoms with van der Waals surface area (Å²) in [7, 11) is -0.492. The van der Waals surface area contributed by atoms with Crippen molar-refractivity contribution in [3.8, 4) is 47.2 Å². The molecule has 0 N–H and O–H groups in total. The Hall–Kier alpha value is -8.60. The molecule has 0 spiro atoms. The summed E-state index contributed by atoms with van der Waals surface area (Å²) in [5.41, 5.74) is 10.4. The first-order chi connectivity index (χ1) is 43.5. The highest BCUT2D eigenvalue weighted by Gasteiger charge is 2.51. The van der Waals surface area contributed by atoms with Gasteiger partial charge in [0.15, 0.2) is 11.6 Å². The van der Waals surface area contributed by atoms with Crippen molar-refractivity contribution in [2.24, 2.45) is 0 Å². The number of aryl methyl sites for hydroxylation is 3. The molecule has 0 aliphatic carbocycles. The van der Waals surface area contributed by atoms with Gasteiger partial charge in [0, 0.05) is 90.4 Å². The van der Waals surface area contributed by atoms with Gasteiger partial charge in [-0.25, -0.2) is 17.6 Å². The number of halogens is 7. The fourth-order valence-electron chi connectivity index (χ4n) is 8.51. The van der Waals surface area contributed by atoms with Crippen LogP contribution in [-0.2, 0) is 22.2 Å². The lowest BCUT2D eigenvalue weighted by atomic mass is 9.78. The maximum absolute atomic E-state index is 13.9. The van der Waals surface area contributed by atoms with Crippen LogP contribution in [0.2, 0.25) is 0 Å². The number of Topliss-reactive ketones (excluding diaryl/α,β-unsaturated/α-hetero) is 2. The minimum atomic E-state index is -0.844. The number of carbonyl (C=O) groups excluding carboxylic acids is 2. The van der Waals surface area contributed by atoms with Gasteiger partial charge < -0.3 is 9.31 Å². The van der Waals surface area contributed by atoms with Crippen molar-refractivity contribution in [2.45, 2.75) is 72.5 Å². The van der Waals surface area contributed by atoms with Gasteiger partial charge in [-0.1, -0.05) is 140 Å². The van der Waals surface area contributed by atoms with Crippen LogP contribution in [0.3, 0.4) is 0 Å². The van der Waals surface area contributed by atoms with E-state index in [1.807, 2.05) is 126 Å². The van der Waals surface area contributed by atoms with E-state index in [-0.39, 0.29) is 12.8 Å². The van der Waals surface area contributed by atoms with Gasteiger partial charge in [0.05, 0.1) is 22.3 Å². The largest absolute Gasteiger partial charge is 0.494 e. The molecule has 456 valence electrons. The SMILES string of the molecule is C#Cc1cccnc1.CC1(C)OB(c2ccc(CC(=O)c3c(F)cccc3F)cc2)OC1(C)C.Cc1ccc(C#Cc2cccnc2)cc1-c1ccc(CC(=O)c2c(F)cccc2F)cc1.Cc1ccc(C#Cc2cccnc2)cc1Br.Cc1ccc(I)cc1Br. The number of carbonyl (C=O) groups is 2. The van der Waals surface area contributed by atoms with Gasteiger partial charge >= 0.3 is 7.12 Å². The van der Waals surface area contributed by atoms with E-state index in [2.05, 4.69) is 137 Å². The summed E-state index contributed by atoms with van der Waals surface area (Å²) in [6, 6.07) is 51.0. The number of benzene rings is 7. The molecule has 0 saturated carbocycles. The Morgan fingerprint density at radius 2 is 0.890 bits per heavy atom. The Kier molecular flexibility index (Phi) is 25.7. The molecule has 4 heterocycles. The smallest absolute Gasteiger partial charge is 0.399 e. The second kappa shape index (κ2) is 33.5. The standard InChI is InChI=1S/C28H19F2NO.C20H21BF2O3.C14H10BrN.C7H6BrI.C7H5N/c1-19-7-8-20(9-10-22-4-3-15-31-18-22)16-24(19)23-13-11-21(12-14-23)17-27(32)28-25(29)5-2-6-26(28)30;1-19(2)20(3,4)26-21(25-19)14-10-8-13(9-11-14)12-17(24)18-15(22)6-5-7-16(18)23;1-11-4-5-12(9-14(11)15)6-7-13-3-2-8-16-10-13;1-5-2-3-6(9)4-7(5)8;1-2-7-4-3-5-8-6-7/h2-8,11-16,18H,17H2,1H3;5-11H,12H2,1-4H3;2-5,8-10H,1H3;2-4H,1H3;1,3-6H. The second-order valence-corrected chi connectivity index (χ2v) is 24.6. The Morgan fingerprint density at radius 3 is 1.29 bits per heavy atom. The highest BCUT2D eigenvalue weighted by molar-refractivity contribution is 14.1. The van der Waals surface area contributed by atoms with E-state index in [0.29, 0.717) is 11.1 Å². The topological polar surface area (TPSA) is 91.3 Å². The van der Waals surface area contributed by atoms with Crippen LogP contribution >= 0.6 is 54.5 Å². The lowest BCUT2D eigenvalue weighted by Gasteiger charge is -2.32. The Balaban J connectivity index is 0.000000177. The zero-order valence-corrected chi connectivity index (χ0v) is 56.2. The van der Waals surface area contributed by atoms with E-state index >= 15 is 0 Å². The number of aromatic nitrogens is 3. The molecule has 1 aliphatic heterocycles. The molecule has 1 saturated heterocycles. The van der Waals surface area contributed by atoms with E-state index < -0.39 is 64.3 Å². The quantitative estimate of drug-likeness (QED) is 0.0492. The van der Waals surface area contributed by atoms with Crippen molar-refractivity contribution in [1.29, 1.82) is 0 Å². The number of nitrogens with zero attached hydrogens (tertiary/aromatic N) is 3. The van der Waals surface area contributed by atoms with Crippen LogP contribution in [0, 0.1) is 83.6 Å². The molecular formula is C76H61BBr2F4IN3O4. The van der Waals surface area contributed by atoms with Gasteiger partial charge in [-0.05, 0) is 213 Å². The molecule has 10 aromatic rings. The number of rotatable bonds is 8. The van der Waals surface area contributed by atoms with Crippen molar-refractivity contribution in [3.05, 3.63) is 316 Å². The first-order valence-corrected chi connectivity index (χ1v) is 31.1. The molecule has 7 aromatic carbocycles. The number of hydrogen-bond donors (Lipinski definition) is 0. The first kappa shape index (κ1) is 69.9. The summed E-state index contributed by atoms with van der Waals surface area (Å²) in [4.78, 5) is 36.5. The number of pyridine rings is 3. The van der Waals surface area contributed by atoms with Crippen LogP contribution in [0.1, 0.15) is 104 Å². The van der Waals surface area contributed by atoms with E-state index in [0.717, 1.165) is 78.7 Å². The van der Waals surface area contributed by atoms with Gasteiger partial charge in [0.2, 0.25) is 0 Å². The summed E-state index contributed by atoms with van der Waals surface area (Å²) >= 11 is 9.23. The summed E-state index contributed by atoms with van der Waals surface area (Å²) in [6.45, 7) is 14.1. The molecule has 11 rings (SSSR count). The summed E-state index contributed by atoms with van der Waals surface area (Å²) in [5.74, 6) is 10.4. The zero-order chi connectivity index (χ0) is 65.7. The number of terminal acetylenes is 1. The van der Waals surface area contributed by atoms with Crippen molar-refractivity contribution in [3.63, 3.8) is 0 Å². The first-order valence-electron chi connectivity index (χ1n) is 28.5. The maximum Gasteiger partial charge on any atom is 0.494 e. The predicted octanol–water partition coefficient (Wildman–Crippen LogP) is 17.8. The normalized spacial score (nSPS) is 12.1. The summed E-state index contributed by atoms with van der Waals surface area (Å²) in [5, 5.41) is 0. The molecule has 7 nitrogen and oxygen atoms in total. The molecule has 0 radical (unpaired) electrons. The number of ketones is 2. The van der Waals surface area contributed by atoms with Crippen molar-refractivity contribution in [2.75, 3.05) is 0 Å². The molecule has 0 atom stereocenters. The summed E-state index contributed by atoms with van der Waals surface area (Å²) < 4.78 is 70.7. The van der Waals surface area contributed by atoms with E-state index in [1.165, 1.54) is 31.3 Å². The minimum Gasteiger partial charge on any atom is -0.399 e. The van der Waals surface area contributed by atoms with Crippen LogP contribution in [0.25, 0.3) is 11.1 Å². The van der Waals surface area contributed by atoms with Crippen molar-refractivity contribution in [1.82, 2.24) is 15.0 Å². The van der Waals surface area contributed by atoms with Crippen LogP contribution in [-0.4, -0.2) is 44.8 Å². The molecule has 0 bridgehead atoms. The maximum atomic E-state index is 13.9. The monoisotopic (exact) mass is 1450 g/mol. The number of hydrogen-bond acceptors (Lipinski definition) is 7. The predicted molar refractivity (Wildman–Crippen MR) is 371 cm³/mol. The molecule has 91 heavy (non-hydrogen) atoms. The third-order valence-corrected chi connectivity index (χ3v) is 16.8. The zero-order valence-electron chi connectivity index (χ0n) is 50.9. The average molecular weight is 1450 g/mol. The highest BCUT2D eigenvalue weighted by Crippen LogP contribution is 2.36. The minimum absolute atomic E-state index is 0.0757. The third-order valence-electron chi connectivity index (χ3n) is 14.4. The second-order valence-electron chi connectivity index (χ2n) is 21.7. The van der Waals surface area contributed by atoms with E-state index in [1.54, 1.807) is 61.4 Å². The van der Waals surface area contributed by atoms with Crippen LogP contribution < -0.4 is 5.46 Å². The Morgan fingerprint density at radius 1 is 0.495 bits per heavy atom. The lowest BCUT2D eigenvalue weighted by molar-refractivity contribution is 0.00578. The molecule has 0 unspecified atom stereocenters. The fourth-order valence-corrected chi connectivity index (χ4v) is 10.2. The van der Waals surface area contributed by atoms with Gasteiger partial charge in [-0.2, -0.15) is 0 Å². The molecule has 0 amide bonds. The molecule has 1 fully saturated rings. The average Bonchev–Trinajstić information content (AvgIpc) is 1.74. The summed E-state index contributed by atoms with van der Waals surface area (Å²) in [6.07, 6.45) is 15.2. The van der Waals surface area contributed by atoms with Crippen molar-refractivity contribution < 1.29 is 36.5 Å². The molecule has 15 heteroatoms. The van der Waals surface area contributed by atoms with Crippen LogP contribution in [0.15, 0.2) is 222 Å². The molecule has 1 aliphatic rings. The van der Waals surface area contributed by atoms with E-state index in [4.69, 9.17) is 15.7 Å². The lowest BCUT2D eigenvalue weighted by Crippen LogP contribution is -2.41. The highest BCUT2D eigenvalue weighted by atomic mass is 127.